The molecule has 2 aromatic rings. The van der Waals surface area contributed by atoms with E-state index in [1.165, 1.54) is 6.42 Å². The summed E-state index contributed by atoms with van der Waals surface area (Å²) in [6, 6.07) is 5.85. The molecule has 138 valence electrons. The normalized spacial score (nSPS) is 14.1. The largest absolute Gasteiger partial charge is 0.483 e. The van der Waals surface area contributed by atoms with E-state index >= 15 is 0 Å². The van der Waals surface area contributed by atoms with Crippen LogP contribution in [0.2, 0.25) is 0 Å². The minimum atomic E-state index is -1.01. The highest BCUT2D eigenvalue weighted by molar-refractivity contribution is 8.00. The molecule has 0 unspecified atom stereocenters. The third-order valence-electron chi connectivity index (χ3n) is 4.24. The first-order valence-electron chi connectivity index (χ1n) is 8.46. The van der Waals surface area contributed by atoms with Gasteiger partial charge >= 0.3 is 5.97 Å². The molecule has 7 heteroatoms. The summed E-state index contributed by atoms with van der Waals surface area (Å²) in [5.74, 6) is -3.13. The minimum Gasteiger partial charge on any atom is -0.483 e. The van der Waals surface area contributed by atoms with Crippen LogP contribution in [0.1, 0.15) is 36.8 Å². The Kier molecular flexibility index (Phi) is 6.08. The van der Waals surface area contributed by atoms with Gasteiger partial charge in [0.05, 0.1) is 0 Å². The van der Waals surface area contributed by atoms with Crippen LogP contribution in [0.4, 0.5) is 8.78 Å². The monoisotopic (exact) mass is 379 g/mol. The number of hydrogen-bond acceptors (Lipinski definition) is 4. The summed E-state index contributed by atoms with van der Waals surface area (Å²) >= 11 is 1.68. The summed E-state index contributed by atoms with van der Waals surface area (Å²) in [7, 11) is 0. The van der Waals surface area contributed by atoms with Crippen molar-refractivity contribution < 1.29 is 23.4 Å². The first-order valence-corrected chi connectivity index (χ1v) is 9.34. The van der Waals surface area contributed by atoms with Crippen molar-refractivity contribution in [1.82, 2.24) is 4.98 Å². The molecule has 1 aliphatic rings. The van der Waals surface area contributed by atoms with Crippen LogP contribution < -0.4 is 4.74 Å². The number of ether oxygens (including phenoxy) is 1. The highest BCUT2D eigenvalue weighted by Gasteiger charge is 2.21. The Balaban J connectivity index is 1.68. The quantitative estimate of drug-likeness (QED) is 0.726. The highest BCUT2D eigenvalue weighted by atomic mass is 32.2. The maximum absolute atomic E-state index is 14.2. The lowest BCUT2D eigenvalue weighted by molar-refractivity contribution is -0.136. The smallest absolute Gasteiger partial charge is 0.303 e. The van der Waals surface area contributed by atoms with Crippen molar-refractivity contribution in [3.8, 4) is 5.75 Å². The highest BCUT2D eigenvalue weighted by Crippen LogP contribution is 2.37. The number of pyridine rings is 1. The van der Waals surface area contributed by atoms with Crippen LogP contribution in [0, 0.1) is 11.6 Å². The fourth-order valence-corrected chi connectivity index (χ4v) is 3.87. The second kappa shape index (κ2) is 8.49. The average molecular weight is 379 g/mol. The molecule has 0 atom stereocenters. The van der Waals surface area contributed by atoms with Crippen LogP contribution >= 0.6 is 11.8 Å². The minimum absolute atomic E-state index is 0.0191. The van der Waals surface area contributed by atoms with E-state index < -0.39 is 23.4 Å². The molecule has 0 aliphatic heterocycles. The van der Waals surface area contributed by atoms with E-state index in [2.05, 4.69) is 4.98 Å². The molecule has 1 aliphatic carbocycles. The van der Waals surface area contributed by atoms with Gasteiger partial charge in [-0.3, -0.25) is 4.79 Å². The van der Waals surface area contributed by atoms with E-state index in [1.54, 1.807) is 24.0 Å². The molecule has 1 N–H and O–H groups in total. The molecule has 0 saturated heterocycles. The number of rotatable bonds is 8. The van der Waals surface area contributed by atoms with Crippen molar-refractivity contribution in [2.24, 2.45) is 0 Å². The summed E-state index contributed by atoms with van der Waals surface area (Å²) in [4.78, 5) is 14.9. The number of thioether (sulfide) groups is 1. The van der Waals surface area contributed by atoms with Gasteiger partial charge in [-0.2, -0.15) is 0 Å². The molecule has 1 aromatic heterocycles. The van der Waals surface area contributed by atoms with Gasteiger partial charge in [0, 0.05) is 23.4 Å². The van der Waals surface area contributed by atoms with Gasteiger partial charge in [-0.25, -0.2) is 13.8 Å². The number of carboxylic acid groups (broad SMARTS) is 1. The van der Waals surface area contributed by atoms with Crippen molar-refractivity contribution in [2.75, 3.05) is 0 Å². The summed E-state index contributed by atoms with van der Waals surface area (Å²) in [5.41, 5.74) is 1.08. The lowest BCUT2D eigenvalue weighted by Crippen LogP contribution is -2.14. The van der Waals surface area contributed by atoms with Crippen LogP contribution in [-0.4, -0.2) is 21.3 Å². The van der Waals surface area contributed by atoms with Crippen LogP contribution in [0.15, 0.2) is 35.5 Å². The molecule has 0 radical (unpaired) electrons. The maximum Gasteiger partial charge on any atom is 0.303 e. The van der Waals surface area contributed by atoms with Gasteiger partial charge in [0.1, 0.15) is 11.6 Å². The standard InChI is InChI=1S/C19H19F2NO3S/c20-15-9-12(6-7-17(23)24)10-16(21)18(15)25-11-13-3-2-8-22-19(13)26-14-4-1-5-14/h2-3,8-10,14H,1,4-7,11H2,(H,23,24). The number of carboxylic acids is 1. The van der Waals surface area contributed by atoms with Gasteiger partial charge in [0.2, 0.25) is 0 Å². The fourth-order valence-electron chi connectivity index (χ4n) is 2.58. The number of halogens is 2. The number of carbonyl (C=O) groups is 1. The second-order valence-corrected chi connectivity index (χ2v) is 7.50. The van der Waals surface area contributed by atoms with Crippen molar-refractivity contribution in [3.63, 3.8) is 0 Å². The molecule has 26 heavy (non-hydrogen) atoms. The van der Waals surface area contributed by atoms with Crippen LogP contribution in [0.5, 0.6) is 5.75 Å². The fraction of sp³-hybridized carbons (Fsp3) is 0.368. The Morgan fingerprint density at radius 2 is 2.04 bits per heavy atom. The molecule has 0 bridgehead atoms. The Hall–Kier alpha value is -2.15. The van der Waals surface area contributed by atoms with Gasteiger partial charge in [0.15, 0.2) is 17.4 Å². The zero-order chi connectivity index (χ0) is 18.5. The third kappa shape index (κ3) is 4.72. The van der Waals surface area contributed by atoms with Crippen molar-refractivity contribution >= 4 is 17.7 Å². The third-order valence-corrected chi connectivity index (χ3v) is 5.63. The van der Waals surface area contributed by atoms with Crippen molar-refractivity contribution in [3.05, 3.63) is 53.2 Å². The van der Waals surface area contributed by atoms with E-state index in [-0.39, 0.29) is 25.0 Å². The first kappa shape index (κ1) is 18.6. The van der Waals surface area contributed by atoms with Crippen LogP contribution in [0.25, 0.3) is 0 Å². The Bertz CT molecular complexity index is 773. The van der Waals surface area contributed by atoms with Gasteiger partial charge < -0.3 is 9.84 Å². The molecule has 3 rings (SSSR count). The SMILES string of the molecule is O=C(O)CCc1cc(F)c(OCc2cccnc2SC2CCC2)c(F)c1. The van der Waals surface area contributed by atoms with E-state index in [4.69, 9.17) is 9.84 Å². The zero-order valence-corrected chi connectivity index (χ0v) is 14.9. The molecule has 1 aromatic carbocycles. The molecule has 0 spiro atoms. The van der Waals surface area contributed by atoms with Crippen LogP contribution in [0.3, 0.4) is 0 Å². The lowest BCUT2D eigenvalue weighted by atomic mass is 10.0. The molecular weight excluding hydrogens is 360 g/mol. The number of hydrogen-bond donors (Lipinski definition) is 1. The molecule has 0 amide bonds. The Morgan fingerprint density at radius 3 is 2.65 bits per heavy atom. The summed E-state index contributed by atoms with van der Waals surface area (Å²) in [5, 5.41) is 10.0. The second-order valence-electron chi connectivity index (χ2n) is 6.21. The van der Waals surface area contributed by atoms with Crippen LogP contribution in [-0.2, 0) is 17.8 Å². The Morgan fingerprint density at radius 1 is 1.31 bits per heavy atom. The molecule has 1 fully saturated rings. The lowest BCUT2D eigenvalue weighted by Gasteiger charge is -2.24. The number of benzene rings is 1. The number of aliphatic carboxylic acids is 1. The van der Waals surface area contributed by atoms with Gasteiger partial charge in [-0.05, 0) is 43.0 Å². The number of aromatic nitrogens is 1. The number of nitrogens with zero attached hydrogens (tertiary/aromatic N) is 1. The molecule has 1 saturated carbocycles. The summed E-state index contributed by atoms with van der Waals surface area (Å²) < 4.78 is 33.7. The van der Waals surface area contributed by atoms with E-state index in [1.807, 2.05) is 6.07 Å². The summed E-state index contributed by atoms with van der Waals surface area (Å²) in [6.07, 6.45) is 5.11. The predicted molar refractivity (Wildman–Crippen MR) is 94.4 cm³/mol. The van der Waals surface area contributed by atoms with Gasteiger partial charge in [-0.15, -0.1) is 11.8 Å². The van der Waals surface area contributed by atoms with E-state index in [0.717, 1.165) is 35.6 Å². The van der Waals surface area contributed by atoms with Crippen molar-refractivity contribution in [1.29, 1.82) is 0 Å². The average Bonchev–Trinajstić information content (AvgIpc) is 2.56. The van der Waals surface area contributed by atoms with Gasteiger partial charge in [0.25, 0.3) is 0 Å². The number of aryl methyl sites for hydroxylation is 1. The van der Waals surface area contributed by atoms with Gasteiger partial charge in [-0.1, -0.05) is 12.5 Å². The zero-order valence-electron chi connectivity index (χ0n) is 14.1. The molecular formula is C19H19F2NO3S. The maximum atomic E-state index is 14.2. The predicted octanol–water partition coefficient (Wildman–Crippen LogP) is 4.60. The van der Waals surface area contributed by atoms with E-state index in [0.29, 0.717) is 5.25 Å². The molecule has 1 heterocycles. The Labute approximate surface area is 154 Å². The van der Waals surface area contributed by atoms with Crippen molar-refractivity contribution in [2.45, 2.75) is 49.0 Å². The molecule has 4 nitrogen and oxygen atoms in total. The summed E-state index contributed by atoms with van der Waals surface area (Å²) in [6.45, 7) is 0.0191. The van der Waals surface area contributed by atoms with E-state index in [9.17, 15) is 13.6 Å². The first-order chi connectivity index (χ1) is 12.5. The topological polar surface area (TPSA) is 59.4 Å².